The maximum atomic E-state index is 11.8. The Kier molecular flexibility index (Phi) is 3.77. The Labute approximate surface area is 105 Å². The van der Waals surface area contributed by atoms with E-state index in [0.717, 1.165) is 13.1 Å². The summed E-state index contributed by atoms with van der Waals surface area (Å²) >= 11 is 0. The van der Waals surface area contributed by atoms with Gasteiger partial charge in [-0.15, -0.1) is 0 Å². The topological polar surface area (TPSA) is 32.8 Å². The molecular formula is C13H26N2O2. The zero-order valence-electron chi connectivity index (χ0n) is 12.2. The monoisotopic (exact) mass is 242 g/mol. The zero-order chi connectivity index (χ0) is 13.4. The Hall–Kier alpha value is -0.770. The van der Waals surface area contributed by atoms with Crippen LogP contribution in [0.1, 0.15) is 41.5 Å². The fourth-order valence-corrected chi connectivity index (χ4v) is 1.73. The lowest BCUT2D eigenvalue weighted by Gasteiger charge is -2.50. The third-order valence-corrected chi connectivity index (χ3v) is 3.04. The van der Waals surface area contributed by atoms with Crippen molar-refractivity contribution < 1.29 is 9.53 Å². The SMILES string of the molecule is CN(C(=O)OC(C)(C)C)C1CN(C(C)(C)C)C1. The lowest BCUT2D eigenvalue weighted by molar-refractivity contribution is -0.0304. The summed E-state index contributed by atoms with van der Waals surface area (Å²) < 4.78 is 5.35. The van der Waals surface area contributed by atoms with Gasteiger partial charge < -0.3 is 9.64 Å². The Morgan fingerprint density at radius 1 is 1.18 bits per heavy atom. The second kappa shape index (κ2) is 4.48. The molecule has 1 aliphatic heterocycles. The van der Waals surface area contributed by atoms with Crippen molar-refractivity contribution in [2.24, 2.45) is 0 Å². The van der Waals surface area contributed by atoms with Crippen LogP contribution in [0.2, 0.25) is 0 Å². The van der Waals surface area contributed by atoms with Crippen molar-refractivity contribution in [2.45, 2.75) is 58.7 Å². The predicted molar refractivity (Wildman–Crippen MR) is 69.1 cm³/mol. The highest BCUT2D eigenvalue weighted by atomic mass is 16.6. The first-order valence-corrected chi connectivity index (χ1v) is 6.21. The Balaban J connectivity index is 2.42. The van der Waals surface area contributed by atoms with Crippen LogP contribution in [0.15, 0.2) is 0 Å². The largest absolute Gasteiger partial charge is 0.444 e. The molecule has 100 valence electrons. The molecule has 0 bridgehead atoms. The minimum Gasteiger partial charge on any atom is -0.444 e. The molecule has 1 fully saturated rings. The van der Waals surface area contributed by atoms with Crippen LogP contribution in [-0.4, -0.2) is 53.2 Å². The number of carbonyl (C=O) groups excluding carboxylic acids is 1. The van der Waals surface area contributed by atoms with Crippen LogP contribution < -0.4 is 0 Å². The van der Waals surface area contributed by atoms with Crippen LogP contribution in [0.5, 0.6) is 0 Å². The predicted octanol–water partition coefficient (Wildman–Crippen LogP) is 2.34. The van der Waals surface area contributed by atoms with Gasteiger partial charge in [0, 0.05) is 25.7 Å². The van der Waals surface area contributed by atoms with E-state index in [-0.39, 0.29) is 17.7 Å². The summed E-state index contributed by atoms with van der Waals surface area (Å²) in [7, 11) is 1.82. The second-order valence-corrected chi connectivity index (χ2v) is 6.82. The fourth-order valence-electron chi connectivity index (χ4n) is 1.73. The van der Waals surface area contributed by atoms with Gasteiger partial charge in [0.05, 0.1) is 6.04 Å². The quantitative estimate of drug-likeness (QED) is 0.707. The Morgan fingerprint density at radius 3 is 2.00 bits per heavy atom. The third kappa shape index (κ3) is 3.87. The van der Waals surface area contributed by atoms with Gasteiger partial charge in [-0.25, -0.2) is 4.79 Å². The summed E-state index contributed by atoms with van der Waals surface area (Å²) in [5.41, 5.74) is -0.232. The van der Waals surface area contributed by atoms with E-state index >= 15 is 0 Å². The van der Waals surface area contributed by atoms with Crippen molar-refractivity contribution in [3.05, 3.63) is 0 Å². The summed E-state index contributed by atoms with van der Waals surface area (Å²) in [6.45, 7) is 14.1. The molecule has 17 heavy (non-hydrogen) atoms. The summed E-state index contributed by atoms with van der Waals surface area (Å²) in [5.74, 6) is 0. The molecule has 0 saturated carbocycles. The van der Waals surface area contributed by atoms with Crippen LogP contribution in [0.25, 0.3) is 0 Å². The normalized spacial score (nSPS) is 18.8. The minimum absolute atomic E-state index is 0.186. The molecular weight excluding hydrogens is 216 g/mol. The van der Waals surface area contributed by atoms with Crippen molar-refractivity contribution in [1.82, 2.24) is 9.80 Å². The van der Waals surface area contributed by atoms with E-state index < -0.39 is 5.60 Å². The highest BCUT2D eigenvalue weighted by molar-refractivity contribution is 5.68. The van der Waals surface area contributed by atoms with Crippen molar-refractivity contribution in [2.75, 3.05) is 20.1 Å². The number of likely N-dealkylation sites (tertiary alicyclic amines) is 1. The van der Waals surface area contributed by atoms with Crippen molar-refractivity contribution >= 4 is 6.09 Å². The van der Waals surface area contributed by atoms with Crippen molar-refractivity contribution in [1.29, 1.82) is 0 Å². The number of hydrogen-bond acceptors (Lipinski definition) is 3. The second-order valence-electron chi connectivity index (χ2n) is 6.82. The maximum absolute atomic E-state index is 11.8. The van der Waals surface area contributed by atoms with Crippen LogP contribution in [0, 0.1) is 0 Å². The molecule has 0 N–H and O–H groups in total. The molecule has 0 unspecified atom stereocenters. The molecule has 0 aromatic carbocycles. The molecule has 1 amide bonds. The molecule has 0 aliphatic carbocycles. The molecule has 1 aliphatic rings. The van der Waals surface area contributed by atoms with E-state index in [9.17, 15) is 4.79 Å². The summed E-state index contributed by atoms with van der Waals surface area (Å²) in [6.07, 6.45) is -0.226. The van der Waals surface area contributed by atoms with E-state index in [1.165, 1.54) is 0 Å². The average Bonchev–Trinajstić information content (AvgIpc) is 1.94. The number of hydrogen-bond donors (Lipinski definition) is 0. The lowest BCUT2D eigenvalue weighted by Crippen LogP contribution is -2.64. The molecule has 0 radical (unpaired) electrons. The third-order valence-electron chi connectivity index (χ3n) is 3.04. The Bertz CT molecular complexity index is 283. The van der Waals surface area contributed by atoms with Crippen molar-refractivity contribution in [3.63, 3.8) is 0 Å². The summed E-state index contributed by atoms with van der Waals surface area (Å²) in [4.78, 5) is 15.9. The van der Waals surface area contributed by atoms with Gasteiger partial charge in [0.2, 0.25) is 0 Å². The number of likely N-dealkylation sites (N-methyl/N-ethyl adjacent to an activating group) is 1. The van der Waals surface area contributed by atoms with Gasteiger partial charge in [-0.3, -0.25) is 4.90 Å². The van der Waals surface area contributed by atoms with Crippen LogP contribution in [-0.2, 0) is 4.74 Å². The van der Waals surface area contributed by atoms with E-state index in [1.807, 2.05) is 27.8 Å². The summed E-state index contributed by atoms with van der Waals surface area (Å²) in [5, 5.41) is 0. The number of ether oxygens (including phenoxy) is 1. The highest BCUT2D eigenvalue weighted by Crippen LogP contribution is 2.24. The van der Waals surface area contributed by atoms with Gasteiger partial charge in [-0.1, -0.05) is 0 Å². The number of rotatable bonds is 1. The zero-order valence-corrected chi connectivity index (χ0v) is 12.2. The van der Waals surface area contributed by atoms with Gasteiger partial charge in [0.15, 0.2) is 0 Å². The molecule has 0 atom stereocenters. The van der Waals surface area contributed by atoms with Gasteiger partial charge in [-0.2, -0.15) is 0 Å². The molecule has 4 heteroatoms. The molecule has 4 nitrogen and oxygen atoms in total. The molecule has 0 aromatic rings. The fraction of sp³-hybridized carbons (Fsp3) is 0.923. The first-order chi connectivity index (χ1) is 7.50. The van der Waals surface area contributed by atoms with Gasteiger partial charge >= 0.3 is 6.09 Å². The number of amides is 1. The molecule has 1 rings (SSSR count). The number of carbonyl (C=O) groups is 1. The highest BCUT2D eigenvalue weighted by Gasteiger charge is 2.38. The van der Waals surface area contributed by atoms with Crippen LogP contribution in [0.3, 0.4) is 0 Å². The maximum Gasteiger partial charge on any atom is 0.410 e. The van der Waals surface area contributed by atoms with E-state index in [0.29, 0.717) is 0 Å². The standard InChI is InChI=1S/C13H26N2O2/c1-12(2,3)15-8-10(9-15)14(7)11(16)17-13(4,5)6/h10H,8-9H2,1-7H3. The molecule has 0 spiro atoms. The molecule has 0 aromatic heterocycles. The van der Waals surface area contributed by atoms with Crippen LogP contribution in [0.4, 0.5) is 4.79 Å². The minimum atomic E-state index is -0.418. The molecule has 1 heterocycles. The lowest BCUT2D eigenvalue weighted by atomic mass is 9.97. The van der Waals surface area contributed by atoms with Crippen molar-refractivity contribution in [3.8, 4) is 0 Å². The van der Waals surface area contributed by atoms with E-state index in [1.54, 1.807) is 4.90 Å². The first kappa shape index (κ1) is 14.3. The smallest absolute Gasteiger partial charge is 0.410 e. The van der Waals surface area contributed by atoms with Gasteiger partial charge in [-0.05, 0) is 41.5 Å². The van der Waals surface area contributed by atoms with E-state index in [4.69, 9.17) is 4.74 Å². The van der Waals surface area contributed by atoms with Gasteiger partial charge in [0.1, 0.15) is 5.60 Å². The Morgan fingerprint density at radius 2 is 1.65 bits per heavy atom. The summed E-state index contributed by atoms with van der Waals surface area (Å²) in [6, 6.07) is 0.282. The molecule has 1 saturated heterocycles. The van der Waals surface area contributed by atoms with E-state index in [2.05, 4.69) is 25.7 Å². The van der Waals surface area contributed by atoms with Gasteiger partial charge in [0.25, 0.3) is 0 Å². The first-order valence-electron chi connectivity index (χ1n) is 6.21. The average molecular weight is 242 g/mol. The van der Waals surface area contributed by atoms with Crippen LogP contribution >= 0.6 is 0 Å². The number of nitrogens with zero attached hydrogens (tertiary/aromatic N) is 2.